The molecule has 2 aromatic rings. The van der Waals surface area contributed by atoms with Gasteiger partial charge in [-0.05, 0) is 85.9 Å². The van der Waals surface area contributed by atoms with E-state index in [1.807, 2.05) is 39.0 Å². The molecule has 3 rings (SSSR count). The van der Waals surface area contributed by atoms with Crippen molar-refractivity contribution >= 4 is 20.9 Å². The molecular weight excluding hydrogens is 455 g/mol. The monoisotopic (exact) mass is 485 g/mol. The van der Waals surface area contributed by atoms with Gasteiger partial charge in [0, 0.05) is 18.7 Å². The Morgan fingerprint density at radius 1 is 1.21 bits per heavy atom. The molecule has 0 saturated carbocycles. The van der Waals surface area contributed by atoms with Crippen LogP contribution in [0, 0.1) is 0 Å². The predicted molar refractivity (Wildman–Crippen MR) is 135 cm³/mol. The summed E-state index contributed by atoms with van der Waals surface area (Å²) in [6, 6.07) is 11.4. The number of nitrogens with zero attached hydrogens (tertiary/aromatic N) is 2. The number of aliphatic imine (C=N–C) groups is 1. The highest BCUT2D eigenvalue weighted by molar-refractivity contribution is 7.17. The molecular formula is C26H30F2N3O2P. The highest BCUT2D eigenvalue weighted by Gasteiger charge is 2.25. The molecule has 0 saturated heterocycles. The number of ether oxygens (including phenoxy) is 1. The van der Waals surface area contributed by atoms with E-state index in [-0.39, 0.29) is 11.5 Å². The third-order valence-electron chi connectivity index (χ3n) is 5.70. The SMILES string of the molecule is C\C=C/C(=N\C(N)=C(/C)CC)C(=O)N1CCc2ccc(Oc3ccc(C(F)(F)P)cc3)cc2C1. The number of allylic oxidation sites excluding steroid dienone is 2. The number of carbonyl (C=O) groups excluding carboxylic acids is 1. The summed E-state index contributed by atoms with van der Waals surface area (Å²) in [7, 11) is 1.52. The lowest BCUT2D eigenvalue weighted by atomic mass is 9.99. The molecule has 0 radical (unpaired) electrons. The Hall–Kier alpha value is -3.05. The van der Waals surface area contributed by atoms with Crippen LogP contribution in [-0.2, 0) is 23.4 Å². The van der Waals surface area contributed by atoms with Crippen molar-refractivity contribution < 1.29 is 18.3 Å². The Labute approximate surface area is 201 Å². The summed E-state index contributed by atoms with van der Waals surface area (Å²) in [4.78, 5) is 19.3. The maximum Gasteiger partial charge on any atom is 0.283 e. The van der Waals surface area contributed by atoms with E-state index in [9.17, 15) is 13.6 Å². The lowest BCUT2D eigenvalue weighted by Gasteiger charge is -2.29. The summed E-state index contributed by atoms with van der Waals surface area (Å²) in [5.74, 6) is 1.21. The number of alkyl halides is 2. The van der Waals surface area contributed by atoms with E-state index in [1.165, 1.54) is 33.5 Å². The molecule has 34 heavy (non-hydrogen) atoms. The fourth-order valence-corrected chi connectivity index (χ4v) is 3.73. The summed E-state index contributed by atoms with van der Waals surface area (Å²) in [5, 5.41) is 0. The normalized spacial score (nSPS) is 15.2. The summed E-state index contributed by atoms with van der Waals surface area (Å²) >= 11 is 0. The lowest BCUT2D eigenvalue weighted by Crippen LogP contribution is -2.39. The summed E-state index contributed by atoms with van der Waals surface area (Å²) in [6.07, 6.45) is 4.92. The molecule has 0 aliphatic carbocycles. The summed E-state index contributed by atoms with van der Waals surface area (Å²) in [6.45, 7) is 6.70. The maximum atomic E-state index is 13.4. The first kappa shape index (κ1) is 25.6. The summed E-state index contributed by atoms with van der Waals surface area (Å²) < 4.78 is 32.7. The number of amides is 1. The zero-order valence-corrected chi connectivity index (χ0v) is 20.8. The van der Waals surface area contributed by atoms with Crippen molar-refractivity contribution in [2.75, 3.05) is 6.54 Å². The topological polar surface area (TPSA) is 67.9 Å². The quantitative estimate of drug-likeness (QED) is 0.392. The first-order chi connectivity index (χ1) is 16.1. The minimum absolute atomic E-state index is 0.104. The molecule has 8 heteroatoms. The minimum atomic E-state index is -2.98. The van der Waals surface area contributed by atoms with Gasteiger partial charge in [0.1, 0.15) is 23.0 Å². The second-order valence-corrected chi connectivity index (χ2v) is 8.90. The molecule has 1 amide bonds. The molecule has 0 fully saturated rings. The van der Waals surface area contributed by atoms with Gasteiger partial charge in [0.25, 0.3) is 11.6 Å². The Morgan fingerprint density at radius 3 is 2.50 bits per heavy atom. The summed E-state index contributed by atoms with van der Waals surface area (Å²) in [5.41, 5.74) is 6.31. The van der Waals surface area contributed by atoms with Gasteiger partial charge < -0.3 is 15.4 Å². The molecule has 5 nitrogen and oxygen atoms in total. The van der Waals surface area contributed by atoms with Crippen molar-refractivity contribution in [3.05, 3.63) is 82.7 Å². The molecule has 2 N–H and O–H groups in total. The molecule has 1 atom stereocenters. The average Bonchev–Trinajstić information content (AvgIpc) is 2.82. The molecule has 1 aliphatic heterocycles. The Bertz CT molecular complexity index is 1140. The molecule has 0 aromatic heterocycles. The van der Waals surface area contributed by atoms with Gasteiger partial charge in [-0.3, -0.25) is 4.79 Å². The second-order valence-electron chi connectivity index (χ2n) is 8.17. The van der Waals surface area contributed by atoms with E-state index in [0.29, 0.717) is 42.5 Å². The van der Waals surface area contributed by atoms with Gasteiger partial charge in [-0.15, -0.1) is 0 Å². The van der Waals surface area contributed by atoms with Crippen LogP contribution in [0.25, 0.3) is 0 Å². The van der Waals surface area contributed by atoms with Crippen molar-refractivity contribution in [2.24, 2.45) is 10.7 Å². The van der Waals surface area contributed by atoms with Gasteiger partial charge in [-0.2, -0.15) is 8.78 Å². The van der Waals surface area contributed by atoms with Crippen LogP contribution >= 0.6 is 9.24 Å². The van der Waals surface area contributed by atoms with Crippen LogP contribution in [0.5, 0.6) is 11.5 Å². The van der Waals surface area contributed by atoms with Crippen LogP contribution in [0.15, 0.2) is 71.0 Å². The lowest BCUT2D eigenvalue weighted by molar-refractivity contribution is -0.124. The highest BCUT2D eigenvalue weighted by atomic mass is 31.0. The minimum Gasteiger partial charge on any atom is -0.457 e. The van der Waals surface area contributed by atoms with E-state index >= 15 is 0 Å². The van der Waals surface area contributed by atoms with Crippen LogP contribution in [0.4, 0.5) is 8.78 Å². The predicted octanol–water partition coefficient (Wildman–Crippen LogP) is 5.91. The number of hydrogen-bond acceptors (Lipinski definition) is 4. The van der Waals surface area contributed by atoms with Gasteiger partial charge >= 0.3 is 0 Å². The number of nitrogens with two attached hydrogens (primary N) is 1. The zero-order valence-electron chi connectivity index (χ0n) is 19.6. The fraction of sp³-hybridized carbons (Fsp3) is 0.308. The third-order valence-corrected chi connectivity index (χ3v) is 6.04. The van der Waals surface area contributed by atoms with Crippen LogP contribution in [0.3, 0.4) is 0 Å². The van der Waals surface area contributed by atoms with Crippen molar-refractivity contribution in [3.63, 3.8) is 0 Å². The number of carbonyl (C=O) groups is 1. The Morgan fingerprint density at radius 2 is 1.88 bits per heavy atom. The molecule has 180 valence electrons. The van der Waals surface area contributed by atoms with Crippen molar-refractivity contribution in [1.82, 2.24) is 4.90 Å². The van der Waals surface area contributed by atoms with E-state index < -0.39 is 5.66 Å². The van der Waals surface area contributed by atoms with Crippen molar-refractivity contribution in [1.29, 1.82) is 0 Å². The Kier molecular flexibility index (Phi) is 8.21. The number of rotatable bonds is 7. The van der Waals surface area contributed by atoms with Crippen molar-refractivity contribution in [2.45, 2.75) is 45.8 Å². The molecule has 0 bridgehead atoms. The van der Waals surface area contributed by atoms with Crippen LogP contribution in [0.1, 0.15) is 43.9 Å². The van der Waals surface area contributed by atoms with E-state index in [1.54, 1.807) is 17.1 Å². The largest absolute Gasteiger partial charge is 0.457 e. The second kappa shape index (κ2) is 10.9. The fourth-order valence-electron chi connectivity index (χ4n) is 3.53. The number of benzene rings is 2. The maximum absolute atomic E-state index is 13.4. The van der Waals surface area contributed by atoms with Gasteiger partial charge in [-0.1, -0.05) is 28.3 Å². The molecule has 2 aromatic carbocycles. The number of halogens is 2. The molecule has 1 aliphatic rings. The molecule has 0 spiro atoms. The standard InChI is InChI=1S/C26H30F2N3O2P/c1-4-6-23(30-24(29)17(3)5-2)25(32)31-14-13-18-7-10-22(15-19(18)16-31)33-21-11-8-20(9-12-21)26(27,28)34/h4,6-12,15H,5,13-14,16,29,34H2,1-3H3/b6-4-,24-17+,30-23+. The van der Waals surface area contributed by atoms with E-state index in [0.717, 1.165) is 23.1 Å². The van der Waals surface area contributed by atoms with Crippen LogP contribution < -0.4 is 10.5 Å². The highest BCUT2D eigenvalue weighted by Crippen LogP contribution is 2.36. The molecule has 1 heterocycles. The van der Waals surface area contributed by atoms with Gasteiger partial charge in [0.2, 0.25) is 0 Å². The first-order valence-corrected chi connectivity index (χ1v) is 11.7. The Balaban J connectivity index is 1.78. The zero-order chi connectivity index (χ0) is 24.9. The van der Waals surface area contributed by atoms with E-state index in [4.69, 9.17) is 10.5 Å². The van der Waals surface area contributed by atoms with E-state index in [2.05, 4.69) is 4.99 Å². The number of fused-ring (bicyclic) bond motifs is 1. The third kappa shape index (κ3) is 6.29. The first-order valence-electron chi connectivity index (χ1n) is 11.1. The number of hydrogen-bond donors (Lipinski definition) is 1. The van der Waals surface area contributed by atoms with Gasteiger partial charge in [-0.25, -0.2) is 4.99 Å². The average molecular weight is 486 g/mol. The van der Waals surface area contributed by atoms with Crippen LogP contribution in [0.2, 0.25) is 0 Å². The smallest absolute Gasteiger partial charge is 0.283 e. The van der Waals surface area contributed by atoms with Crippen molar-refractivity contribution in [3.8, 4) is 11.5 Å². The van der Waals surface area contributed by atoms with Gasteiger partial charge in [0.05, 0.1) is 0 Å². The molecule has 1 unspecified atom stereocenters. The van der Waals surface area contributed by atoms with Gasteiger partial charge in [0.15, 0.2) is 0 Å². The van der Waals surface area contributed by atoms with Crippen LogP contribution in [-0.4, -0.2) is 23.1 Å².